The number of ether oxygens (including phenoxy) is 1. The van der Waals surface area contributed by atoms with E-state index in [9.17, 15) is 14.4 Å². The van der Waals surface area contributed by atoms with Crippen molar-refractivity contribution >= 4 is 28.6 Å². The molecule has 1 aliphatic heterocycles. The molecule has 0 atom stereocenters. The predicted octanol–water partition coefficient (Wildman–Crippen LogP) is 3.39. The van der Waals surface area contributed by atoms with Crippen molar-refractivity contribution in [3.05, 3.63) is 71.4 Å². The SMILES string of the molecule is CCCOc1nc(C(=O)ON2C(=O)c3ccccc3C2=O)cc2ccccc12. The summed E-state index contributed by atoms with van der Waals surface area (Å²) in [4.78, 5) is 46.7. The van der Waals surface area contributed by atoms with Crippen LogP contribution in [0.25, 0.3) is 10.8 Å². The zero-order valence-electron chi connectivity index (χ0n) is 15.0. The monoisotopic (exact) mass is 376 g/mol. The van der Waals surface area contributed by atoms with Crippen molar-refractivity contribution in [2.24, 2.45) is 0 Å². The molecular weight excluding hydrogens is 360 g/mol. The second-order valence-electron chi connectivity index (χ2n) is 6.21. The molecule has 2 aromatic carbocycles. The van der Waals surface area contributed by atoms with E-state index in [-0.39, 0.29) is 16.8 Å². The van der Waals surface area contributed by atoms with Gasteiger partial charge in [0.2, 0.25) is 5.88 Å². The number of carbonyl (C=O) groups is 3. The van der Waals surface area contributed by atoms with Crippen LogP contribution in [-0.2, 0) is 4.84 Å². The number of aromatic nitrogens is 1. The van der Waals surface area contributed by atoms with Gasteiger partial charge in [-0.25, -0.2) is 9.78 Å². The van der Waals surface area contributed by atoms with Crippen LogP contribution in [-0.4, -0.2) is 34.4 Å². The lowest BCUT2D eigenvalue weighted by Gasteiger charge is -2.14. The van der Waals surface area contributed by atoms with Gasteiger partial charge in [-0.3, -0.25) is 9.59 Å². The molecule has 7 nitrogen and oxygen atoms in total. The number of benzene rings is 2. The van der Waals surface area contributed by atoms with Gasteiger partial charge in [0.1, 0.15) is 0 Å². The molecule has 0 unspecified atom stereocenters. The van der Waals surface area contributed by atoms with E-state index < -0.39 is 17.8 Å². The maximum Gasteiger partial charge on any atom is 0.382 e. The minimum absolute atomic E-state index is 0.0543. The molecule has 1 aromatic heterocycles. The molecule has 1 aliphatic rings. The highest BCUT2D eigenvalue weighted by Gasteiger charge is 2.39. The molecule has 0 spiro atoms. The van der Waals surface area contributed by atoms with Crippen molar-refractivity contribution in [2.45, 2.75) is 13.3 Å². The van der Waals surface area contributed by atoms with E-state index in [2.05, 4.69) is 4.98 Å². The van der Waals surface area contributed by atoms with E-state index >= 15 is 0 Å². The number of fused-ring (bicyclic) bond motifs is 2. The highest BCUT2D eigenvalue weighted by molar-refractivity contribution is 6.21. The van der Waals surface area contributed by atoms with Crippen LogP contribution in [0, 0.1) is 0 Å². The lowest BCUT2D eigenvalue weighted by atomic mass is 10.1. The first kappa shape index (κ1) is 17.7. The first-order valence-corrected chi connectivity index (χ1v) is 8.83. The molecule has 0 saturated heterocycles. The number of nitrogens with zero attached hydrogens (tertiary/aromatic N) is 2. The number of hydrogen-bond acceptors (Lipinski definition) is 6. The Balaban J connectivity index is 1.65. The van der Waals surface area contributed by atoms with E-state index in [1.54, 1.807) is 12.1 Å². The number of pyridine rings is 1. The highest BCUT2D eigenvalue weighted by Crippen LogP contribution is 2.27. The number of amides is 2. The summed E-state index contributed by atoms with van der Waals surface area (Å²) in [6.07, 6.45) is 0.778. The van der Waals surface area contributed by atoms with Gasteiger partial charge in [-0.05, 0) is 36.1 Å². The van der Waals surface area contributed by atoms with Gasteiger partial charge in [0.25, 0.3) is 11.8 Å². The average Bonchev–Trinajstić information content (AvgIpc) is 2.97. The molecule has 0 fully saturated rings. The van der Waals surface area contributed by atoms with E-state index in [0.717, 1.165) is 17.2 Å². The Morgan fingerprint density at radius 3 is 2.32 bits per heavy atom. The molecule has 2 heterocycles. The third kappa shape index (κ3) is 2.96. The first-order valence-electron chi connectivity index (χ1n) is 8.83. The molecule has 3 aromatic rings. The summed E-state index contributed by atoms with van der Waals surface area (Å²) in [6.45, 7) is 2.40. The Bertz CT molecular complexity index is 1070. The quantitative estimate of drug-likeness (QED) is 0.635. The fourth-order valence-corrected chi connectivity index (χ4v) is 2.96. The zero-order chi connectivity index (χ0) is 19.7. The minimum Gasteiger partial charge on any atom is -0.477 e. The standard InChI is InChI=1S/C21H16N2O5/c1-2-11-27-18-14-8-4-3-7-13(14)12-17(22-18)21(26)28-23-19(24)15-9-5-6-10-16(15)20(23)25/h3-10,12H,2,11H2,1H3. The van der Waals surface area contributed by atoms with Gasteiger partial charge in [0.05, 0.1) is 17.7 Å². The smallest absolute Gasteiger partial charge is 0.382 e. The summed E-state index contributed by atoms with van der Waals surface area (Å²) in [5, 5.41) is 1.96. The summed E-state index contributed by atoms with van der Waals surface area (Å²) >= 11 is 0. The summed E-state index contributed by atoms with van der Waals surface area (Å²) in [5.74, 6) is -1.98. The number of carbonyl (C=O) groups excluding carboxylic acids is 3. The van der Waals surface area contributed by atoms with Crippen LogP contribution >= 0.6 is 0 Å². The largest absolute Gasteiger partial charge is 0.477 e. The molecule has 0 aliphatic carbocycles. The number of hydroxylamine groups is 2. The van der Waals surface area contributed by atoms with Gasteiger partial charge in [-0.2, -0.15) is 0 Å². The van der Waals surface area contributed by atoms with E-state index in [4.69, 9.17) is 9.57 Å². The van der Waals surface area contributed by atoms with E-state index in [1.165, 1.54) is 18.2 Å². The number of rotatable bonds is 5. The summed E-state index contributed by atoms with van der Waals surface area (Å²) in [5.41, 5.74) is 0.332. The Kier molecular flexibility index (Phi) is 4.49. The fraction of sp³-hybridized carbons (Fsp3) is 0.143. The number of imide groups is 1. The van der Waals surface area contributed by atoms with Crippen molar-refractivity contribution in [2.75, 3.05) is 6.61 Å². The Morgan fingerprint density at radius 2 is 1.64 bits per heavy atom. The van der Waals surface area contributed by atoms with Gasteiger partial charge in [-0.1, -0.05) is 42.3 Å². The molecule has 0 saturated carbocycles. The maximum absolute atomic E-state index is 12.6. The fourth-order valence-electron chi connectivity index (χ4n) is 2.96. The Morgan fingerprint density at radius 1 is 1.00 bits per heavy atom. The van der Waals surface area contributed by atoms with Gasteiger partial charge in [0.15, 0.2) is 5.69 Å². The second kappa shape index (κ2) is 7.11. The van der Waals surface area contributed by atoms with E-state index in [1.807, 2.05) is 31.2 Å². The van der Waals surface area contributed by atoms with Gasteiger partial charge < -0.3 is 9.57 Å². The minimum atomic E-state index is -0.915. The molecule has 28 heavy (non-hydrogen) atoms. The normalized spacial score (nSPS) is 13.0. The molecule has 0 radical (unpaired) electrons. The predicted molar refractivity (Wildman–Crippen MR) is 99.9 cm³/mol. The molecule has 7 heteroatoms. The molecule has 140 valence electrons. The lowest BCUT2D eigenvalue weighted by molar-refractivity contribution is -0.0588. The van der Waals surface area contributed by atoms with E-state index in [0.29, 0.717) is 17.6 Å². The molecular formula is C21H16N2O5. The van der Waals surface area contributed by atoms with Gasteiger partial charge in [-0.15, -0.1) is 0 Å². The van der Waals surface area contributed by atoms with Crippen LogP contribution in [0.5, 0.6) is 5.88 Å². The first-order chi connectivity index (χ1) is 13.6. The average molecular weight is 376 g/mol. The summed E-state index contributed by atoms with van der Waals surface area (Å²) < 4.78 is 5.66. The van der Waals surface area contributed by atoms with Gasteiger partial charge in [0, 0.05) is 5.39 Å². The van der Waals surface area contributed by atoms with Crippen molar-refractivity contribution in [1.29, 1.82) is 0 Å². The van der Waals surface area contributed by atoms with Crippen molar-refractivity contribution < 1.29 is 24.0 Å². The zero-order valence-corrected chi connectivity index (χ0v) is 15.0. The van der Waals surface area contributed by atoms with Crippen LogP contribution < -0.4 is 4.74 Å². The second-order valence-corrected chi connectivity index (χ2v) is 6.21. The van der Waals surface area contributed by atoms with Crippen LogP contribution in [0.4, 0.5) is 0 Å². The molecule has 0 bridgehead atoms. The third-order valence-corrected chi connectivity index (χ3v) is 4.29. The van der Waals surface area contributed by atoms with Gasteiger partial charge >= 0.3 is 5.97 Å². The highest BCUT2D eigenvalue weighted by atomic mass is 16.7. The van der Waals surface area contributed by atoms with Crippen LogP contribution in [0.2, 0.25) is 0 Å². The summed E-state index contributed by atoms with van der Waals surface area (Å²) in [7, 11) is 0. The molecule has 4 rings (SSSR count). The lowest BCUT2D eigenvalue weighted by Crippen LogP contribution is -2.33. The Labute approximate surface area is 160 Å². The molecule has 2 amide bonds. The Hall–Kier alpha value is -3.74. The summed E-state index contributed by atoms with van der Waals surface area (Å²) in [6, 6.07) is 15.2. The number of hydrogen-bond donors (Lipinski definition) is 0. The van der Waals surface area contributed by atoms with Crippen LogP contribution in [0.15, 0.2) is 54.6 Å². The molecule has 0 N–H and O–H groups in total. The van der Waals surface area contributed by atoms with Crippen molar-refractivity contribution in [1.82, 2.24) is 10.0 Å². The third-order valence-electron chi connectivity index (χ3n) is 4.29. The maximum atomic E-state index is 12.6. The van der Waals surface area contributed by atoms with Crippen LogP contribution in [0.3, 0.4) is 0 Å². The van der Waals surface area contributed by atoms with Crippen LogP contribution in [0.1, 0.15) is 44.5 Å². The van der Waals surface area contributed by atoms with Crippen molar-refractivity contribution in [3.8, 4) is 5.88 Å². The van der Waals surface area contributed by atoms with Crippen molar-refractivity contribution in [3.63, 3.8) is 0 Å². The topological polar surface area (TPSA) is 85.8 Å².